The van der Waals surface area contributed by atoms with Gasteiger partial charge in [0.2, 0.25) is 0 Å². The summed E-state index contributed by atoms with van der Waals surface area (Å²) in [6.07, 6.45) is 0.727. The molecule has 0 spiro atoms. The van der Waals surface area contributed by atoms with E-state index in [4.69, 9.17) is 5.10 Å². The third-order valence-corrected chi connectivity index (χ3v) is 5.41. The van der Waals surface area contributed by atoms with Crippen LogP contribution >= 0.6 is 0 Å². The minimum absolute atomic E-state index is 0.265. The molecule has 3 aromatic carbocycles. The minimum Gasteiger partial charge on any atom is -0.350 e. The van der Waals surface area contributed by atoms with Gasteiger partial charge in [0.1, 0.15) is 11.5 Å². The Balaban J connectivity index is 1.50. The molecule has 0 saturated carbocycles. The molecule has 33 heavy (non-hydrogen) atoms. The fourth-order valence-electron chi connectivity index (χ4n) is 3.72. The lowest BCUT2D eigenvalue weighted by Crippen LogP contribution is -2.27. The number of fused-ring (bicyclic) bond motifs is 1. The molecule has 1 amide bonds. The Labute approximate surface area is 190 Å². The molecule has 0 bridgehead atoms. The topological polar surface area (TPSA) is 59.3 Å². The zero-order chi connectivity index (χ0) is 22.6. The largest absolute Gasteiger partial charge is 0.350 e. The smallest absolute Gasteiger partial charge is 0.270 e. The van der Waals surface area contributed by atoms with Gasteiger partial charge in [-0.15, -0.1) is 0 Å². The first-order valence-corrected chi connectivity index (χ1v) is 10.7. The molecule has 6 heteroatoms. The van der Waals surface area contributed by atoms with E-state index in [0.717, 1.165) is 28.8 Å². The van der Waals surface area contributed by atoms with Gasteiger partial charge in [-0.2, -0.15) is 5.10 Å². The molecular formula is C27H21FN4O. The lowest BCUT2D eigenvalue weighted by Gasteiger charge is -2.09. The number of nitrogens with zero attached hydrogens (tertiary/aromatic N) is 3. The Kier molecular flexibility index (Phi) is 5.64. The van der Waals surface area contributed by atoms with Crippen LogP contribution in [0.2, 0.25) is 0 Å². The molecule has 5 rings (SSSR count). The maximum atomic E-state index is 13.5. The van der Waals surface area contributed by atoms with Gasteiger partial charge in [-0.05, 0) is 42.3 Å². The monoisotopic (exact) mass is 436 g/mol. The highest BCUT2D eigenvalue weighted by Crippen LogP contribution is 2.25. The van der Waals surface area contributed by atoms with Gasteiger partial charge in [-0.25, -0.2) is 13.9 Å². The van der Waals surface area contributed by atoms with E-state index in [9.17, 15) is 9.18 Å². The van der Waals surface area contributed by atoms with Crippen molar-refractivity contribution < 1.29 is 9.18 Å². The summed E-state index contributed by atoms with van der Waals surface area (Å²) in [5.74, 6) is -0.590. The number of carbonyl (C=O) groups is 1. The molecule has 0 aliphatic rings. The van der Waals surface area contributed by atoms with Crippen LogP contribution in [0.4, 0.5) is 4.39 Å². The van der Waals surface area contributed by atoms with Crippen LogP contribution in [0.5, 0.6) is 0 Å². The summed E-state index contributed by atoms with van der Waals surface area (Å²) in [7, 11) is 0. The SMILES string of the molecule is O=C(NCCc1ccccc1)c1cc(-c2ccc(F)cc2)n2nc(-c3ccccc3)cc2n1. The summed E-state index contributed by atoms with van der Waals surface area (Å²) >= 11 is 0. The third kappa shape index (κ3) is 4.50. The fraction of sp³-hybridized carbons (Fsp3) is 0.0741. The molecule has 162 valence electrons. The van der Waals surface area contributed by atoms with Crippen molar-refractivity contribution in [2.45, 2.75) is 6.42 Å². The molecule has 0 atom stereocenters. The molecule has 5 nitrogen and oxygen atoms in total. The number of aromatic nitrogens is 3. The molecule has 0 aliphatic heterocycles. The van der Waals surface area contributed by atoms with Gasteiger partial charge in [0.15, 0.2) is 5.65 Å². The predicted molar refractivity (Wildman–Crippen MR) is 126 cm³/mol. The van der Waals surface area contributed by atoms with E-state index in [0.29, 0.717) is 17.9 Å². The summed E-state index contributed by atoms with van der Waals surface area (Å²) in [5.41, 5.74) is 5.07. The fourth-order valence-corrected chi connectivity index (χ4v) is 3.72. The van der Waals surface area contributed by atoms with Gasteiger partial charge in [-0.3, -0.25) is 4.79 Å². The average Bonchev–Trinajstić information content (AvgIpc) is 3.29. The molecule has 0 unspecified atom stereocenters. The van der Waals surface area contributed by atoms with E-state index < -0.39 is 0 Å². The predicted octanol–water partition coefficient (Wildman–Crippen LogP) is 5.17. The van der Waals surface area contributed by atoms with E-state index >= 15 is 0 Å². The number of hydrogen-bond acceptors (Lipinski definition) is 3. The zero-order valence-electron chi connectivity index (χ0n) is 17.8. The lowest BCUT2D eigenvalue weighted by atomic mass is 10.1. The lowest BCUT2D eigenvalue weighted by molar-refractivity contribution is 0.0949. The minimum atomic E-state index is -0.326. The highest BCUT2D eigenvalue weighted by Gasteiger charge is 2.16. The van der Waals surface area contributed by atoms with Crippen molar-refractivity contribution in [2.24, 2.45) is 0 Å². The first kappa shape index (κ1) is 20.6. The van der Waals surface area contributed by atoms with Crippen LogP contribution < -0.4 is 5.32 Å². The molecule has 1 N–H and O–H groups in total. The molecule has 2 heterocycles. The van der Waals surface area contributed by atoms with Gasteiger partial charge in [0, 0.05) is 23.7 Å². The number of halogens is 1. The van der Waals surface area contributed by atoms with Crippen LogP contribution in [-0.2, 0) is 6.42 Å². The number of amides is 1. The Bertz CT molecular complexity index is 1400. The number of carbonyl (C=O) groups excluding carboxylic acids is 1. The number of nitrogens with one attached hydrogen (secondary N) is 1. The average molecular weight is 436 g/mol. The standard InChI is InChI=1S/C27H21FN4O/c28-22-13-11-21(12-14-22)25-17-24(27(33)29-16-15-19-7-3-1-4-8-19)30-26-18-23(31-32(25)26)20-9-5-2-6-10-20/h1-14,17-18H,15-16H2,(H,29,33). The van der Waals surface area contributed by atoms with Crippen molar-refractivity contribution in [3.05, 3.63) is 114 Å². The summed E-state index contributed by atoms with van der Waals surface area (Å²) in [6, 6.07) is 29.4. The Hall–Kier alpha value is -4.32. The third-order valence-electron chi connectivity index (χ3n) is 5.41. The Morgan fingerprint density at radius 1 is 0.848 bits per heavy atom. The van der Waals surface area contributed by atoms with Gasteiger partial charge < -0.3 is 5.32 Å². The van der Waals surface area contributed by atoms with Crippen molar-refractivity contribution in [2.75, 3.05) is 6.54 Å². The second-order valence-corrected chi connectivity index (χ2v) is 7.69. The molecule has 0 saturated heterocycles. The first-order valence-electron chi connectivity index (χ1n) is 10.7. The Morgan fingerprint density at radius 2 is 1.55 bits per heavy atom. The van der Waals surface area contributed by atoms with Crippen LogP contribution in [0.15, 0.2) is 97.1 Å². The van der Waals surface area contributed by atoms with Gasteiger partial charge in [0.05, 0.1) is 11.4 Å². The number of benzene rings is 3. The molecule has 2 aromatic heterocycles. The van der Waals surface area contributed by atoms with Crippen LogP contribution in [-0.4, -0.2) is 27.0 Å². The molecule has 0 fully saturated rings. The normalized spacial score (nSPS) is 10.9. The number of rotatable bonds is 6. The highest BCUT2D eigenvalue weighted by molar-refractivity contribution is 5.94. The molecule has 5 aromatic rings. The van der Waals surface area contributed by atoms with Crippen LogP contribution in [0.1, 0.15) is 16.1 Å². The summed E-state index contributed by atoms with van der Waals surface area (Å²) < 4.78 is 15.2. The van der Waals surface area contributed by atoms with Gasteiger partial charge in [0.25, 0.3) is 5.91 Å². The van der Waals surface area contributed by atoms with Crippen LogP contribution in [0, 0.1) is 5.82 Å². The molecular weight excluding hydrogens is 415 g/mol. The second-order valence-electron chi connectivity index (χ2n) is 7.69. The van der Waals surface area contributed by atoms with Crippen molar-refractivity contribution in [1.29, 1.82) is 0 Å². The van der Waals surface area contributed by atoms with E-state index in [1.807, 2.05) is 66.7 Å². The zero-order valence-corrected chi connectivity index (χ0v) is 17.8. The molecule has 0 radical (unpaired) electrons. The van der Waals surface area contributed by atoms with Crippen molar-refractivity contribution in [3.63, 3.8) is 0 Å². The van der Waals surface area contributed by atoms with Gasteiger partial charge >= 0.3 is 0 Å². The highest BCUT2D eigenvalue weighted by atomic mass is 19.1. The maximum absolute atomic E-state index is 13.5. The van der Waals surface area contributed by atoms with Crippen LogP contribution in [0.25, 0.3) is 28.2 Å². The van der Waals surface area contributed by atoms with Crippen molar-refractivity contribution in [3.8, 4) is 22.5 Å². The maximum Gasteiger partial charge on any atom is 0.270 e. The summed E-state index contributed by atoms with van der Waals surface area (Å²) in [6.45, 7) is 0.496. The van der Waals surface area contributed by atoms with Crippen molar-refractivity contribution in [1.82, 2.24) is 19.9 Å². The van der Waals surface area contributed by atoms with Crippen molar-refractivity contribution >= 4 is 11.6 Å². The summed E-state index contributed by atoms with van der Waals surface area (Å²) in [5, 5.41) is 7.66. The van der Waals surface area contributed by atoms with Crippen LogP contribution in [0.3, 0.4) is 0 Å². The van der Waals surface area contributed by atoms with Gasteiger partial charge in [-0.1, -0.05) is 60.7 Å². The Morgan fingerprint density at radius 3 is 2.27 bits per heavy atom. The number of hydrogen-bond donors (Lipinski definition) is 1. The van der Waals surface area contributed by atoms with E-state index in [-0.39, 0.29) is 17.4 Å². The molecule has 0 aliphatic carbocycles. The second kappa shape index (κ2) is 9.04. The summed E-state index contributed by atoms with van der Waals surface area (Å²) in [4.78, 5) is 17.5. The first-order chi connectivity index (χ1) is 16.2. The van der Waals surface area contributed by atoms with E-state index in [1.54, 1.807) is 22.7 Å². The quantitative estimate of drug-likeness (QED) is 0.399. The van der Waals surface area contributed by atoms with E-state index in [2.05, 4.69) is 10.3 Å². The van der Waals surface area contributed by atoms with E-state index in [1.165, 1.54) is 12.1 Å².